The fourth-order valence-corrected chi connectivity index (χ4v) is 2.87. The van der Waals surface area contributed by atoms with Crippen molar-refractivity contribution in [3.05, 3.63) is 42.5 Å². The summed E-state index contributed by atoms with van der Waals surface area (Å²) >= 11 is 0. The van der Waals surface area contributed by atoms with E-state index in [2.05, 4.69) is 49.5 Å². The zero-order valence-electron chi connectivity index (χ0n) is 12.9. The molecule has 2 nitrogen and oxygen atoms in total. The molecule has 0 spiro atoms. The Balaban J connectivity index is 1.79. The van der Waals surface area contributed by atoms with Crippen LogP contribution in [0, 0.1) is 0 Å². The topological polar surface area (TPSA) is 25.2 Å². The summed E-state index contributed by atoms with van der Waals surface area (Å²) < 4.78 is 5.93. The summed E-state index contributed by atoms with van der Waals surface area (Å²) in [6.07, 6.45) is 5.09. The predicted octanol–water partition coefficient (Wildman–Crippen LogP) is 5.97. The SMILES string of the molecule is CCCCCC(C)Nc1ccc2c(c1)oc1ccccc12. The molecule has 0 saturated carbocycles. The molecule has 21 heavy (non-hydrogen) atoms. The number of hydrogen-bond acceptors (Lipinski definition) is 2. The van der Waals surface area contributed by atoms with Crippen molar-refractivity contribution >= 4 is 27.6 Å². The van der Waals surface area contributed by atoms with Crippen LogP contribution in [0.4, 0.5) is 5.69 Å². The molecular weight excluding hydrogens is 258 g/mol. The number of rotatable bonds is 6. The molecule has 0 aliphatic heterocycles. The quantitative estimate of drug-likeness (QED) is 0.563. The second kappa shape index (κ2) is 6.21. The highest BCUT2D eigenvalue weighted by molar-refractivity contribution is 6.05. The molecule has 2 heteroatoms. The summed E-state index contributed by atoms with van der Waals surface area (Å²) in [4.78, 5) is 0. The summed E-state index contributed by atoms with van der Waals surface area (Å²) in [6, 6.07) is 15.1. The van der Waals surface area contributed by atoms with E-state index in [4.69, 9.17) is 4.42 Å². The Bertz CT molecular complexity index is 729. The van der Waals surface area contributed by atoms with Gasteiger partial charge < -0.3 is 9.73 Å². The Morgan fingerprint density at radius 2 is 1.81 bits per heavy atom. The highest BCUT2D eigenvalue weighted by Crippen LogP contribution is 2.30. The third kappa shape index (κ3) is 3.05. The first kappa shape index (κ1) is 14.0. The van der Waals surface area contributed by atoms with E-state index in [9.17, 15) is 0 Å². The van der Waals surface area contributed by atoms with Gasteiger partial charge in [0.2, 0.25) is 0 Å². The largest absolute Gasteiger partial charge is 0.456 e. The lowest BCUT2D eigenvalue weighted by Crippen LogP contribution is -2.14. The van der Waals surface area contributed by atoms with Gasteiger partial charge in [-0.1, -0.05) is 44.4 Å². The van der Waals surface area contributed by atoms with Crippen molar-refractivity contribution in [1.29, 1.82) is 0 Å². The van der Waals surface area contributed by atoms with Gasteiger partial charge in [0.1, 0.15) is 11.2 Å². The van der Waals surface area contributed by atoms with Crippen molar-refractivity contribution in [2.45, 2.75) is 45.6 Å². The number of furan rings is 1. The first-order valence-electron chi connectivity index (χ1n) is 7.96. The molecule has 2 aromatic carbocycles. The van der Waals surface area contributed by atoms with E-state index < -0.39 is 0 Å². The predicted molar refractivity (Wildman–Crippen MR) is 90.9 cm³/mol. The molecule has 110 valence electrons. The third-order valence-corrected chi connectivity index (χ3v) is 4.03. The first-order valence-corrected chi connectivity index (χ1v) is 7.96. The van der Waals surface area contributed by atoms with E-state index in [0.717, 1.165) is 16.9 Å². The van der Waals surface area contributed by atoms with Gasteiger partial charge in [-0.15, -0.1) is 0 Å². The van der Waals surface area contributed by atoms with Gasteiger partial charge in [0.05, 0.1) is 0 Å². The van der Waals surface area contributed by atoms with Crippen LogP contribution < -0.4 is 5.32 Å². The Morgan fingerprint density at radius 1 is 1.00 bits per heavy atom. The van der Waals surface area contributed by atoms with Crippen LogP contribution in [0.25, 0.3) is 21.9 Å². The average molecular weight is 281 g/mol. The molecule has 0 bridgehead atoms. The van der Waals surface area contributed by atoms with Crippen molar-refractivity contribution in [1.82, 2.24) is 0 Å². The number of unbranched alkanes of at least 4 members (excludes halogenated alkanes) is 2. The molecule has 0 radical (unpaired) electrons. The monoisotopic (exact) mass is 281 g/mol. The fourth-order valence-electron chi connectivity index (χ4n) is 2.87. The Labute approximate surface area is 126 Å². The van der Waals surface area contributed by atoms with Gasteiger partial charge in [-0.05, 0) is 31.5 Å². The van der Waals surface area contributed by atoms with E-state index in [-0.39, 0.29) is 0 Å². The van der Waals surface area contributed by atoms with Gasteiger partial charge >= 0.3 is 0 Å². The fraction of sp³-hybridized carbons (Fsp3) is 0.368. The highest BCUT2D eigenvalue weighted by Gasteiger charge is 2.08. The average Bonchev–Trinajstić information content (AvgIpc) is 2.85. The van der Waals surface area contributed by atoms with Crippen molar-refractivity contribution in [3.63, 3.8) is 0 Å². The van der Waals surface area contributed by atoms with Crippen LogP contribution in [0.2, 0.25) is 0 Å². The second-order valence-electron chi connectivity index (χ2n) is 5.85. The summed E-state index contributed by atoms with van der Waals surface area (Å²) in [5.74, 6) is 0. The molecule has 0 saturated heterocycles. The molecule has 0 aliphatic rings. The lowest BCUT2D eigenvalue weighted by molar-refractivity contribution is 0.615. The van der Waals surface area contributed by atoms with Crippen LogP contribution in [-0.4, -0.2) is 6.04 Å². The van der Waals surface area contributed by atoms with Gasteiger partial charge in [0.25, 0.3) is 0 Å². The van der Waals surface area contributed by atoms with Crippen LogP contribution in [0.1, 0.15) is 39.5 Å². The minimum atomic E-state index is 0.498. The van der Waals surface area contributed by atoms with Gasteiger partial charge in [0.15, 0.2) is 0 Å². The van der Waals surface area contributed by atoms with Crippen LogP contribution in [0.15, 0.2) is 46.9 Å². The van der Waals surface area contributed by atoms with E-state index in [1.165, 1.54) is 36.5 Å². The van der Waals surface area contributed by atoms with Crippen molar-refractivity contribution in [3.8, 4) is 0 Å². The first-order chi connectivity index (χ1) is 10.3. The number of anilines is 1. The van der Waals surface area contributed by atoms with Gasteiger partial charge in [-0.2, -0.15) is 0 Å². The van der Waals surface area contributed by atoms with Crippen molar-refractivity contribution < 1.29 is 4.42 Å². The Kier molecular flexibility index (Phi) is 4.14. The highest BCUT2D eigenvalue weighted by atomic mass is 16.3. The molecule has 0 aliphatic carbocycles. The minimum absolute atomic E-state index is 0.498. The minimum Gasteiger partial charge on any atom is -0.456 e. The molecule has 3 aromatic rings. The molecule has 1 aromatic heterocycles. The van der Waals surface area contributed by atoms with E-state index in [1.54, 1.807) is 0 Å². The second-order valence-corrected chi connectivity index (χ2v) is 5.85. The van der Waals surface area contributed by atoms with E-state index in [1.807, 2.05) is 12.1 Å². The molecule has 1 N–H and O–H groups in total. The maximum Gasteiger partial charge on any atom is 0.137 e. The Morgan fingerprint density at radius 3 is 2.67 bits per heavy atom. The van der Waals surface area contributed by atoms with Crippen LogP contribution in [-0.2, 0) is 0 Å². The zero-order valence-corrected chi connectivity index (χ0v) is 12.9. The summed E-state index contributed by atoms with van der Waals surface area (Å²) in [6.45, 7) is 4.49. The number of hydrogen-bond donors (Lipinski definition) is 1. The maximum atomic E-state index is 5.93. The molecular formula is C19H23NO. The molecule has 3 rings (SSSR count). The standard InChI is InChI=1S/C19H23NO/c1-3-4-5-8-14(2)20-15-11-12-17-16-9-6-7-10-18(16)21-19(17)13-15/h6-7,9-14,20H,3-5,8H2,1-2H3. The Hall–Kier alpha value is -1.96. The zero-order chi connectivity index (χ0) is 14.7. The van der Waals surface area contributed by atoms with Gasteiger partial charge in [-0.25, -0.2) is 0 Å². The van der Waals surface area contributed by atoms with Crippen LogP contribution in [0.5, 0.6) is 0 Å². The van der Waals surface area contributed by atoms with Crippen molar-refractivity contribution in [2.24, 2.45) is 0 Å². The van der Waals surface area contributed by atoms with Crippen LogP contribution >= 0.6 is 0 Å². The molecule has 1 heterocycles. The third-order valence-electron chi connectivity index (χ3n) is 4.03. The van der Waals surface area contributed by atoms with E-state index >= 15 is 0 Å². The molecule has 0 amide bonds. The van der Waals surface area contributed by atoms with Gasteiger partial charge in [-0.3, -0.25) is 0 Å². The lowest BCUT2D eigenvalue weighted by Gasteiger charge is -2.14. The number of benzene rings is 2. The van der Waals surface area contributed by atoms with Crippen LogP contribution in [0.3, 0.4) is 0 Å². The summed E-state index contributed by atoms with van der Waals surface area (Å²) in [5, 5.41) is 5.96. The number of fused-ring (bicyclic) bond motifs is 3. The number of nitrogens with one attached hydrogen (secondary N) is 1. The molecule has 1 unspecified atom stereocenters. The lowest BCUT2D eigenvalue weighted by atomic mass is 10.1. The maximum absolute atomic E-state index is 5.93. The van der Waals surface area contributed by atoms with E-state index in [0.29, 0.717) is 6.04 Å². The summed E-state index contributed by atoms with van der Waals surface area (Å²) in [5.41, 5.74) is 3.06. The molecule has 0 fully saturated rings. The smallest absolute Gasteiger partial charge is 0.137 e. The van der Waals surface area contributed by atoms with Crippen molar-refractivity contribution in [2.75, 3.05) is 5.32 Å². The normalized spacial score (nSPS) is 12.9. The summed E-state index contributed by atoms with van der Waals surface area (Å²) in [7, 11) is 0. The van der Waals surface area contributed by atoms with Gasteiger partial charge in [0, 0.05) is 28.6 Å². The molecule has 1 atom stereocenters. The number of para-hydroxylation sites is 1.